The van der Waals surface area contributed by atoms with E-state index in [0.29, 0.717) is 17.4 Å². The third-order valence-corrected chi connectivity index (χ3v) is 3.60. The largest absolute Gasteiger partial charge is 0.469 e. The van der Waals surface area contributed by atoms with E-state index >= 15 is 0 Å². The Morgan fingerprint density at radius 3 is 2.25 bits per heavy atom. The number of benzene rings is 1. The van der Waals surface area contributed by atoms with Crippen LogP contribution in [0.25, 0.3) is 0 Å². The van der Waals surface area contributed by atoms with Crippen molar-refractivity contribution in [3.63, 3.8) is 0 Å². The molecule has 20 heavy (non-hydrogen) atoms. The molecule has 1 heterocycles. The van der Waals surface area contributed by atoms with Crippen LogP contribution in [0.4, 0.5) is 0 Å². The van der Waals surface area contributed by atoms with Crippen LogP contribution in [0, 0.1) is 6.92 Å². The Morgan fingerprint density at radius 2 is 1.75 bits per heavy atom. The third kappa shape index (κ3) is 2.84. The number of carbonyl (C=O) groups excluding carboxylic acids is 1. The smallest absolute Gasteiger partial charge is 0.196 e. The Bertz CT molecular complexity index is 618. The summed E-state index contributed by atoms with van der Waals surface area (Å²) in [7, 11) is 0. The van der Waals surface area contributed by atoms with Crippen LogP contribution in [-0.4, -0.2) is 5.78 Å². The van der Waals surface area contributed by atoms with E-state index in [4.69, 9.17) is 4.42 Å². The van der Waals surface area contributed by atoms with Gasteiger partial charge >= 0.3 is 0 Å². The van der Waals surface area contributed by atoms with Crippen LogP contribution in [-0.2, 0) is 0 Å². The van der Waals surface area contributed by atoms with E-state index < -0.39 is 0 Å². The molecule has 2 aromatic rings. The van der Waals surface area contributed by atoms with Gasteiger partial charge in [-0.25, -0.2) is 0 Å². The molecule has 0 radical (unpaired) electrons. The molecule has 0 unspecified atom stereocenters. The molecule has 0 amide bonds. The monoisotopic (exact) mass is 270 g/mol. The third-order valence-electron chi connectivity index (χ3n) is 3.60. The minimum atomic E-state index is 0.0425. The summed E-state index contributed by atoms with van der Waals surface area (Å²) < 4.78 is 5.25. The van der Waals surface area contributed by atoms with Gasteiger partial charge in [0, 0.05) is 5.56 Å². The molecule has 0 fully saturated rings. The summed E-state index contributed by atoms with van der Waals surface area (Å²) in [4.78, 5) is 12.6. The van der Waals surface area contributed by atoms with Gasteiger partial charge in [0.05, 0.1) is 5.56 Å². The average Bonchev–Trinajstić information content (AvgIpc) is 2.83. The quantitative estimate of drug-likeness (QED) is 0.726. The highest BCUT2D eigenvalue weighted by molar-refractivity contribution is 6.10. The van der Waals surface area contributed by atoms with Gasteiger partial charge in [-0.05, 0) is 36.0 Å². The van der Waals surface area contributed by atoms with Crippen LogP contribution < -0.4 is 0 Å². The summed E-state index contributed by atoms with van der Waals surface area (Å²) >= 11 is 0. The number of rotatable bonds is 4. The first-order valence-corrected chi connectivity index (χ1v) is 7.13. The van der Waals surface area contributed by atoms with Gasteiger partial charge in [-0.1, -0.05) is 45.9 Å². The highest BCUT2D eigenvalue weighted by Gasteiger charge is 2.18. The summed E-state index contributed by atoms with van der Waals surface area (Å²) in [5, 5.41) is 0. The first-order valence-electron chi connectivity index (χ1n) is 7.13. The number of carbonyl (C=O) groups is 1. The molecule has 106 valence electrons. The Labute approximate surface area is 120 Å². The number of furan rings is 1. The van der Waals surface area contributed by atoms with Crippen LogP contribution in [0.5, 0.6) is 0 Å². The van der Waals surface area contributed by atoms with E-state index in [1.54, 1.807) is 6.07 Å². The lowest BCUT2D eigenvalue weighted by Gasteiger charge is -2.15. The highest BCUT2D eigenvalue weighted by Crippen LogP contribution is 2.27. The fourth-order valence-electron chi connectivity index (χ4n) is 2.34. The average molecular weight is 270 g/mol. The number of aryl methyl sites for hydroxylation is 1. The summed E-state index contributed by atoms with van der Waals surface area (Å²) in [6.45, 7) is 10.4. The van der Waals surface area contributed by atoms with Crippen molar-refractivity contribution in [2.24, 2.45) is 0 Å². The first kappa shape index (κ1) is 14.6. The molecular formula is C18H22O2. The number of ketones is 1. The van der Waals surface area contributed by atoms with Crippen LogP contribution in [0.1, 0.15) is 72.3 Å². The van der Waals surface area contributed by atoms with E-state index in [1.807, 2.05) is 13.0 Å². The lowest BCUT2D eigenvalue weighted by Crippen LogP contribution is -2.07. The number of hydrogen-bond donors (Lipinski definition) is 0. The molecule has 0 spiro atoms. The van der Waals surface area contributed by atoms with Crippen molar-refractivity contribution in [2.45, 2.75) is 46.5 Å². The van der Waals surface area contributed by atoms with E-state index in [2.05, 4.69) is 39.8 Å². The van der Waals surface area contributed by atoms with E-state index in [0.717, 1.165) is 16.9 Å². The minimum absolute atomic E-state index is 0.0425. The Balaban J connectivity index is 2.48. The van der Waals surface area contributed by atoms with Crippen LogP contribution in [0.2, 0.25) is 0 Å². The molecule has 0 saturated carbocycles. The Hall–Kier alpha value is -1.83. The van der Waals surface area contributed by atoms with Crippen molar-refractivity contribution in [3.8, 4) is 0 Å². The molecule has 0 aliphatic heterocycles. The molecule has 0 atom stereocenters. The topological polar surface area (TPSA) is 30.2 Å². The van der Waals surface area contributed by atoms with Gasteiger partial charge in [0.15, 0.2) is 5.78 Å². The fraction of sp³-hybridized carbons (Fsp3) is 0.389. The molecular weight excluding hydrogens is 248 g/mol. The zero-order valence-electron chi connectivity index (χ0n) is 12.9. The van der Waals surface area contributed by atoms with Gasteiger partial charge in [-0.2, -0.15) is 0 Å². The first-order chi connectivity index (χ1) is 9.40. The predicted octanol–water partition coefficient (Wildman–Crippen LogP) is 5.07. The summed E-state index contributed by atoms with van der Waals surface area (Å²) in [6.07, 6.45) is 1.54. The van der Waals surface area contributed by atoms with E-state index in [1.165, 1.54) is 11.8 Å². The normalized spacial score (nSPS) is 11.3. The minimum Gasteiger partial charge on any atom is -0.469 e. The van der Waals surface area contributed by atoms with Gasteiger partial charge in [-0.15, -0.1) is 0 Å². The maximum Gasteiger partial charge on any atom is 0.196 e. The van der Waals surface area contributed by atoms with E-state index in [-0.39, 0.29) is 5.78 Å². The Kier molecular flexibility index (Phi) is 4.12. The van der Waals surface area contributed by atoms with Crippen molar-refractivity contribution in [1.82, 2.24) is 0 Å². The second-order valence-electron chi connectivity index (χ2n) is 5.93. The molecule has 1 aromatic carbocycles. The molecule has 2 rings (SSSR count). The lowest BCUT2D eigenvalue weighted by atomic mass is 9.89. The molecule has 0 N–H and O–H groups in total. The molecule has 2 heteroatoms. The van der Waals surface area contributed by atoms with Crippen molar-refractivity contribution in [1.29, 1.82) is 0 Å². The highest BCUT2D eigenvalue weighted by atomic mass is 16.3. The lowest BCUT2D eigenvalue weighted by molar-refractivity contribution is 0.103. The van der Waals surface area contributed by atoms with Crippen LogP contribution >= 0.6 is 0 Å². The summed E-state index contributed by atoms with van der Waals surface area (Å²) in [5.41, 5.74) is 3.79. The fourth-order valence-corrected chi connectivity index (χ4v) is 2.34. The van der Waals surface area contributed by atoms with Crippen molar-refractivity contribution in [3.05, 3.63) is 58.5 Å². The second-order valence-corrected chi connectivity index (χ2v) is 5.93. The predicted molar refractivity (Wildman–Crippen MR) is 81.5 cm³/mol. The van der Waals surface area contributed by atoms with Crippen LogP contribution in [0.3, 0.4) is 0 Å². The van der Waals surface area contributed by atoms with Gasteiger partial charge in [-0.3, -0.25) is 4.79 Å². The zero-order chi connectivity index (χ0) is 14.9. The van der Waals surface area contributed by atoms with Gasteiger partial charge < -0.3 is 4.42 Å². The van der Waals surface area contributed by atoms with Crippen LogP contribution in [0.15, 0.2) is 34.9 Å². The standard InChI is InChI=1S/C18H22O2/c1-11(2)14-6-7-16(17(9-14)12(3)4)18(19)15-8-13(5)20-10-15/h6-12H,1-5H3. The molecule has 0 aliphatic carbocycles. The van der Waals surface area contributed by atoms with Gasteiger partial charge in [0.2, 0.25) is 0 Å². The van der Waals surface area contributed by atoms with Crippen molar-refractivity contribution in [2.75, 3.05) is 0 Å². The summed E-state index contributed by atoms with van der Waals surface area (Å²) in [5.74, 6) is 1.59. The summed E-state index contributed by atoms with van der Waals surface area (Å²) in [6, 6.07) is 7.96. The van der Waals surface area contributed by atoms with Gasteiger partial charge in [0.25, 0.3) is 0 Å². The Morgan fingerprint density at radius 1 is 1.05 bits per heavy atom. The van der Waals surface area contributed by atoms with Crippen molar-refractivity contribution >= 4 is 5.78 Å². The van der Waals surface area contributed by atoms with E-state index in [9.17, 15) is 4.79 Å². The maximum absolute atomic E-state index is 12.6. The molecule has 0 saturated heterocycles. The van der Waals surface area contributed by atoms with Crippen molar-refractivity contribution < 1.29 is 9.21 Å². The number of hydrogen-bond acceptors (Lipinski definition) is 2. The van der Waals surface area contributed by atoms with Gasteiger partial charge in [0.1, 0.15) is 12.0 Å². The molecule has 2 nitrogen and oxygen atoms in total. The maximum atomic E-state index is 12.6. The molecule has 0 bridgehead atoms. The second kappa shape index (κ2) is 5.66. The molecule has 1 aromatic heterocycles. The molecule has 0 aliphatic rings. The SMILES string of the molecule is Cc1cc(C(=O)c2ccc(C(C)C)cc2C(C)C)co1. The zero-order valence-corrected chi connectivity index (χ0v) is 12.9.